The van der Waals surface area contributed by atoms with E-state index in [0.717, 1.165) is 30.4 Å². The van der Waals surface area contributed by atoms with Crippen molar-refractivity contribution < 1.29 is 51.3 Å². The molecular formula is C34H47ClFN3O3Y-2. The van der Waals surface area contributed by atoms with E-state index in [1.807, 2.05) is 56.3 Å². The summed E-state index contributed by atoms with van der Waals surface area (Å²) in [5, 5.41) is 4.07. The molecule has 0 amide bonds. The van der Waals surface area contributed by atoms with Crippen molar-refractivity contribution in [2.75, 3.05) is 40.1 Å². The summed E-state index contributed by atoms with van der Waals surface area (Å²) < 4.78 is 30.5. The number of hydrogen-bond donors (Lipinski definition) is 2. The normalized spacial score (nSPS) is 15.2. The van der Waals surface area contributed by atoms with Gasteiger partial charge in [0.05, 0.1) is 37.4 Å². The van der Waals surface area contributed by atoms with Gasteiger partial charge in [-0.3, -0.25) is 4.39 Å². The van der Waals surface area contributed by atoms with Crippen LogP contribution in [0.15, 0.2) is 60.7 Å². The minimum Gasteiger partial charge on any atom is -0.693 e. The maximum Gasteiger partial charge on any atom is 0.109 e. The van der Waals surface area contributed by atoms with Gasteiger partial charge in [-0.1, -0.05) is 105 Å². The van der Waals surface area contributed by atoms with Crippen LogP contribution in [0.2, 0.25) is 5.02 Å². The molecule has 0 aromatic heterocycles. The molecule has 1 aliphatic carbocycles. The van der Waals surface area contributed by atoms with Gasteiger partial charge in [-0.2, -0.15) is 0 Å². The van der Waals surface area contributed by atoms with E-state index in [9.17, 15) is 0 Å². The molecular weight excluding hydrogens is 642 g/mol. The van der Waals surface area contributed by atoms with Crippen molar-refractivity contribution in [2.24, 2.45) is 5.73 Å². The van der Waals surface area contributed by atoms with E-state index in [2.05, 4.69) is 11.4 Å². The third-order valence-electron chi connectivity index (χ3n) is 7.26. The molecule has 1 aliphatic heterocycles. The van der Waals surface area contributed by atoms with Crippen molar-refractivity contribution in [2.45, 2.75) is 64.0 Å². The molecule has 43 heavy (non-hydrogen) atoms. The summed E-state index contributed by atoms with van der Waals surface area (Å²) in [5.74, 6) is -0.367. The fraction of sp³-hybridized carbons (Fsp3) is 0.471. The van der Waals surface area contributed by atoms with Crippen molar-refractivity contribution in [3.05, 3.63) is 94.8 Å². The monoisotopic (exact) mass is 688 g/mol. The molecule has 1 radical (unpaired) electrons. The second kappa shape index (κ2) is 22.1. The molecule has 2 aliphatic rings. The first-order chi connectivity index (χ1) is 20.1. The van der Waals surface area contributed by atoms with Crippen LogP contribution >= 0.6 is 11.6 Å². The van der Waals surface area contributed by atoms with Gasteiger partial charge in [0, 0.05) is 63.3 Å². The van der Waals surface area contributed by atoms with Gasteiger partial charge in [-0.25, -0.2) is 0 Å². The number of rotatable bonds is 10. The van der Waals surface area contributed by atoms with E-state index >= 15 is 4.39 Å². The van der Waals surface area contributed by atoms with Gasteiger partial charge < -0.3 is 31.4 Å². The molecule has 235 valence electrons. The second-order valence-corrected chi connectivity index (χ2v) is 10.5. The van der Waals surface area contributed by atoms with Crippen molar-refractivity contribution in [3.63, 3.8) is 0 Å². The molecule has 6 nitrogen and oxygen atoms in total. The van der Waals surface area contributed by atoms with Gasteiger partial charge in [-0.05, 0) is 24.0 Å². The molecule has 5 N–H and O–H groups in total. The Morgan fingerprint density at radius 1 is 1.00 bits per heavy atom. The number of ether oxygens (including phenoxy) is 3. The summed E-state index contributed by atoms with van der Waals surface area (Å²) in [5.41, 5.74) is 8.93. The molecule has 1 saturated heterocycles. The van der Waals surface area contributed by atoms with E-state index in [0.29, 0.717) is 29.8 Å². The SMILES string of the molecule is C1CCC(NC2COC2)CC1.CC.COCCOc1cc[c-]c(-c2cc(C(CN)c3ccccc3)ccc2Cl)c1F.[NH2-].[Y]. The van der Waals surface area contributed by atoms with Crippen LogP contribution in [0, 0.1) is 11.9 Å². The molecule has 3 aromatic carbocycles. The molecule has 0 bridgehead atoms. The number of hydrogen-bond acceptors (Lipinski definition) is 5. The fourth-order valence-corrected chi connectivity index (χ4v) is 5.25. The van der Waals surface area contributed by atoms with Gasteiger partial charge in [0.2, 0.25) is 0 Å². The summed E-state index contributed by atoms with van der Waals surface area (Å²) in [4.78, 5) is 0. The first-order valence-corrected chi connectivity index (χ1v) is 15.2. The molecule has 1 heterocycles. The fourth-order valence-electron chi connectivity index (χ4n) is 5.04. The molecule has 1 unspecified atom stereocenters. The van der Waals surface area contributed by atoms with Gasteiger partial charge in [0.15, 0.2) is 0 Å². The number of methoxy groups -OCH3 is 1. The molecule has 0 spiro atoms. The average molecular weight is 689 g/mol. The Balaban J connectivity index is 0.000000516. The Labute approximate surface area is 288 Å². The zero-order valence-electron chi connectivity index (χ0n) is 25.8. The van der Waals surface area contributed by atoms with Crippen LogP contribution in [-0.2, 0) is 42.2 Å². The minimum atomic E-state index is -0.498. The quantitative estimate of drug-likeness (QED) is 0.166. The molecule has 5 rings (SSSR count). The molecule has 3 aromatic rings. The van der Waals surface area contributed by atoms with Gasteiger partial charge in [-0.15, -0.1) is 17.7 Å². The number of benzene rings is 3. The van der Waals surface area contributed by atoms with Crippen LogP contribution in [0.3, 0.4) is 0 Å². The summed E-state index contributed by atoms with van der Waals surface area (Å²) in [6, 6.07) is 23.1. The Morgan fingerprint density at radius 3 is 2.30 bits per heavy atom. The van der Waals surface area contributed by atoms with E-state index in [1.54, 1.807) is 25.3 Å². The van der Waals surface area contributed by atoms with Gasteiger partial charge >= 0.3 is 0 Å². The van der Waals surface area contributed by atoms with Crippen LogP contribution in [0.4, 0.5) is 4.39 Å². The predicted octanol–water partition coefficient (Wildman–Crippen LogP) is 8.11. The van der Waals surface area contributed by atoms with Crippen molar-refractivity contribution in [1.82, 2.24) is 5.32 Å². The van der Waals surface area contributed by atoms with Crippen LogP contribution in [0.5, 0.6) is 5.75 Å². The zero-order chi connectivity index (χ0) is 29.5. The van der Waals surface area contributed by atoms with E-state index < -0.39 is 5.82 Å². The average Bonchev–Trinajstić information content (AvgIpc) is 3.00. The topological polar surface area (TPSA) is 99.2 Å². The molecule has 2 fully saturated rings. The molecule has 9 heteroatoms. The maximum absolute atomic E-state index is 15.0. The smallest absolute Gasteiger partial charge is 0.109 e. The van der Waals surface area contributed by atoms with E-state index in [4.69, 9.17) is 31.5 Å². The van der Waals surface area contributed by atoms with Gasteiger partial charge in [0.1, 0.15) is 6.61 Å². The predicted molar refractivity (Wildman–Crippen MR) is 172 cm³/mol. The summed E-state index contributed by atoms with van der Waals surface area (Å²) >= 11 is 6.40. The van der Waals surface area contributed by atoms with Crippen LogP contribution in [-0.4, -0.2) is 52.2 Å². The minimum absolute atomic E-state index is 0. The number of halogens is 2. The number of nitrogens with one attached hydrogen (secondary N) is 1. The Kier molecular flexibility index (Phi) is 20.4. The summed E-state index contributed by atoms with van der Waals surface area (Å²) in [7, 11) is 1.57. The standard InChI is InChI=1S/C23H22ClFNO2.C9H17NO.C2H6.H2N.Y/c1-27-12-13-28-22-9-5-8-18(23(22)25)19-14-17(10-11-21(19)24)20(15-26)16-6-3-2-4-7-16;1-2-4-8(5-3-1)10-9-6-11-7-9;1-2;;/h2-7,9-11,14,20H,12-13,15,26H2,1H3;8-10H,1-7H2;1-2H3;1H2;/q-1;;;-1;. The van der Waals surface area contributed by atoms with Crippen LogP contribution in [0.25, 0.3) is 17.3 Å². The van der Waals surface area contributed by atoms with E-state index in [1.165, 1.54) is 32.1 Å². The third kappa shape index (κ3) is 12.1. The number of nitrogens with two attached hydrogens (primary N) is 2. The molecule has 1 atom stereocenters. The largest absolute Gasteiger partial charge is 0.693 e. The van der Waals surface area contributed by atoms with Crippen molar-refractivity contribution >= 4 is 11.6 Å². The first kappa shape index (κ1) is 39.6. The van der Waals surface area contributed by atoms with E-state index in [-0.39, 0.29) is 62.7 Å². The molecule has 1 saturated carbocycles. The second-order valence-electron chi connectivity index (χ2n) is 10.0. The zero-order valence-corrected chi connectivity index (χ0v) is 29.4. The van der Waals surface area contributed by atoms with Crippen molar-refractivity contribution in [3.8, 4) is 16.9 Å². The van der Waals surface area contributed by atoms with Crippen LogP contribution < -0.4 is 15.8 Å². The van der Waals surface area contributed by atoms with Crippen LogP contribution in [0.1, 0.15) is 63.0 Å². The van der Waals surface area contributed by atoms with Crippen molar-refractivity contribution in [1.29, 1.82) is 0 Å². The maximum atomic E-state index is 15.0. The Bertz CT molecular complexity index is 1160. The third-order valence-corrected chi connectivity index (χ3v) is 7.59. The Morgan fingerprint density at radius 2 is 1.70 bits per heavy atom. The first-order valence-electron chi connectivity index (χ1n) is 14.8. The summed E-state index contributed by atoms with van der Waals surface area (Å²) in [6.45, 7) is 6.94. The summed E-state index contributed by atoms with van der Waals surface area (Å²) in [6.07, 6.45) is 7.06. The Hall–Kier alpha value is -1.42. The van der Waals surface area contributed by atoms with Gasteiger partial charge in [0.25, 0.3) is 0 Å².